The van der Waals surface area contributed by atoms with E-state index < -0.39 is 23.6 Å². The van der Waals surface area contributed by atoms with Gasteiger partial charge in [-0.3, -0.25) is 9.36 Å². The second-order valence-electron chi connectivity index (χ2n) is 15.1. The number of carbonyl (C=O) groups excluding carboxylic acids is 1. The fourth-order valence-corrected chi connectivity index (χ4v) is 8.76. The number of hydrogen-bond acceptors (Lipinski definition) is 19. The number of carbonyl (C=O) groups is 2. The topological polar surface area (TPSA) is 243 Å². The fourth-order valence-electron chi connectivity index (χ4n) is 6.50. The highest BCUT2D eigenvalue weighted by atomic mass is 35.5. The van der Waals surface area contributed by atoms with Gasteiger partial charge in [-0.15, -0.1) is 22.7 Å². The minimum absolute atomic E-state index is 0.0177. The summed E-state index contributed by atoms with van der Waals surface area (Å²) >= 11 is 14.0. The van der Waals surface area contributed by atoms with Gasteiger partial charge in [0.05, 0.1) is 27.8 Å². The van der Waals surface area contributed by atoms with Crippen molar-refractivity contribution >= 4 is 92.7 Å². The molecule has 6 aromatic heterocycles. The van der Waals surface area contributed by atoms with E-state index in [1.54, 1.807) is 81.5 Å². The molecule has 0 saturated carbocycles. The third-order valence-corrected chi connectivity index (χ3v) is 12.6. The van der Waals surface area contributed by atoms with E-state index in [1.165, 1.54) is 47.7 Å². The molecule has 2 aromatic carbocycles. The molecule has 0 radical (unpaired) electrons. The third kappa shape index (κ3) is 13.4. The average molecular weight is 1060 g/mol. The third-order valence-electron chi connectivity index (χ3n) is 9.85. The van der Waals surface area contributed by atoms with Gasteiger partial charge in [0.2, 0.25) is 11.9 Å². The number of halogens is 4. The minimum Gasteiger partial charge on any atom is -0.477 e. The van der Waals surface area contributed by atoms with Crippen molar-refractivity contribution in [1.82, 2.24) is 49.5 Å². The zero-order valence-corrected chi connectivity index (χ0v) is 42.3. The first kappa shape index (κ1) is 52.6. The van der Waals surface area contributed by atoms with Crippen LogP contribution in [0.5, 0.6) is 0 Å². The van der Waals surface area contributed by atoms with Crippen LogP contribution in [0, 0.1) is 11.6 Å². The number of thiazole rings is 2. The number of hydrogen-bond donors (Lipinski definition) is 5. The van der Waals surface area contributed by atoms with Crippen LogP contribution < -0.4 is 21.3 Å². The Kier molecular flexibility index (Phi) is 18.1. The molecular weight excluding hydrogens is 1020 g/mol. The van der Waals surface area contributed by atoms with Gasteiger partial charge in [-0.25, -0.2) is 38.3 Å². The number of carboxylic acids is 1. The van der Waals surface area contributed by atoms with E-state index in [-0.39, 0.29) is 39.1 Å². The van der Waals surface area contributed by atoms with Crippen molar-refractivity contribution in [1.29, 1.82) is 0 Å². The van der Waals surface area contributed by atoms with Crippen LogP contribution in [0.3, 0.4) is 0 Å². The molecule has 0 aliphatic carbocycles. The maximum Gasteiger partial charge on any atom is 0.350 e. The van der Waals surface area contributed by atoms with Crippen LogP contribution in [0.2, 0.25) is 10.0 Å². The summed E-state index contributed by atoms with van der Waals surface area (Å²) in [5.41, 5.74) is 3.86. The Labute approximate surface area is 428 Å². The summed E-state index contributed by atoms with van der Waals surface area (Å²) in [6, 6.07) is 11.9. The molecular formula is C46H46Cl2F2N14O6S2. The first-order valence-corrected chi connectivity index (χ1v) is 24.2. The molecule has 5 N–H and O–H groups in total. The molecule has 0 spiro atoms. The van der Waals surface area contributed by atoms with E-state index in [9.17, 15) is 23.5 Å². The van der Waals surface area contributed by atoms with Crippen molar-refractivity contribution in [2.45, 2.75) is 19.8 Å². The Morgan fingerprint density at radius 1 is 0.694 bits per heavy atom. The van der Waals surface area contributed by atoms with Gasteiger partial charge in [0.25, 0.3) is 0 Å². The molecule has 0 aliphatic heterocycles. The highest BCUT2D eigenvalue weighted by molar-refractivity contribution is 7.17. The summed E-state index contributed by atoms with van der Waals surface area (Å²) in [6.45, 7) is 4.22. The predicted octanol–water partition coefficient (Wildman–Crippen LogP) is 9.85. The molecule has 376 valence electrons. The first-order chi connectivity index (χ1) is 34.7. The van der Waals surface area contributed by atoms with Gasteiger partial charge in [0.1, 0.15) is 65.8 Å². The first-order valence-electron chi connectivity index (χ1n) is 21.8. The van der Waals surface area contributed by atoms with Crippen LogP contribution in [0.25, 0.3) is 43.9 Å². The lowest BCUT2D eigenvalue weighted by molar-refractivity contribution is 0.0532. The van der Waals surface area contributed by atoms with Crippen LogP contribution in [-0.4, -0.2) is 114 Å². The van der Waals surface area contributed by atoms with Gasteiger partial charge >= 0.3 is 11.9 Å². The van der Waals surface area contributed by atoms with Gasteiger partial charge in [-0.1, -0.05) is 23.2 Å². The second kappa shape index (κ2) is 24.8. The standard InChI is InChI=1S/C24H25ClFN7O3S.C22H21ClFN7O3S/c1-4-36-23(34)20-19(18-8-10-33(2)32-18)30-22(37-20)15-13-28-24(31-21(15)27-9-5-11-35-3)29-14-6-7-17(26)16(25)12-14;1-31-8-6-16(30-31)17-18(21(32)33)35-20(28-17)13-11-26-22(29-19(13)25-7-3-9-34-2)27-12-4-5-15(24)14(23)10-12/h6-8,10,12-13H,4-5,9,11H2,1-3H3,(H2,27,28,29,31);4-6,8,10-11H,3,7,9H2,1-2H3,(H,32,33)(H2,25,26,27,29). The molecule has 8 rings (SSSR count). The van der Waals surface area contributed by atoms with E-state index in [2.05, 4.69) is 56.4 Å². The molecule has 0 aliphatic rings. The molecule has 20 nitrogen and oxygen atoms in total. The molecule has 0 saturated heterocycles. The number of methoxy groups -OCH3 is 2. The number of rotatable bonds is 21. The quantitative estimate of drug-likeness (QED) is 0.0332. The lowest BCUT2D eigenvalue weighted by atomic mass is 10.2. The zero-order chi connectivity index (χ0) is 51.3. The normalized spacial score (nSPS) is 11.0. The van der Waals surface area contributed by atoms with Crippen LogP contribution in [0.15, 0.2) is 73.3 Å². The maximum atomic E-state index is 13.6. The molecule has 0 atom stereocenters. The monoisotopic (exact) mass is 1060 g/mol. The van der Waals surface area contributed by atoms with Crippen molar-refractivity contribution in [3.63, 3.8) is 0 Å². The Balaban J connectivity index is 0.000000212. The number of aromatic carboxylic acids is 1. The predicted molar refractivity (Wildman–Crippen MR) is 273 cm³/mol. The van der Waals surface area contributed by atoms with Gasteiger partial charge < -0.3 is 40.6 Å². The van der Waals surface area contributed by atoms with E-state index >= 15 is 0 Å². The Hall–Kier alpha value is -7.22. The molecule has 0 fully saturated rings. The van der Waals surface area contributed by atoms with E-state index in [0.717, 1.165) is 17.8 Å². The van der Waals surface area contributed by atoms with Gasteiger partial charge in [-0.2, -0.15) is 20.2 Å². The van der Waals surface area contributed by atoms with E-state index in [1.807, 2.05) is 0 Å². The van der Waals surface area contributed by atoms with Crippen molar-refractivity contribution in [2.24, 2.45) is 14.1 Å². The molecule has 6 heterocycles. The number of aromatic nitrogens is 10. The largest absolute Gasteiger partial charge is 0.477 e. The number of benzene rings is 2. The molecule has 0 bridgehead atoms. The average Bonchev–Trinajstić information content (AvgIpc) is 4.19. The Bertz CT molecular complexity index is 3170. The van der Waals surface area contributed by atoms with E-state index in [4.69, 9.17) is 42.4 Å². The summed E-state index contributed by atoms with van der Waals surface area (Å²) in [5.74, 6) is -1.17. The van der Waals surface area contributed by atoms with Crippen molar-refractivity contribution < 1.29 is 37.7 Å². The summed E-state index contributed by atoms with van der Waals surface area (Å²) in [5, 5.41) is 31.9. The summed E-state index contributed by atoms with van der Waals surface area (Å²) in [6.07, 6.45) is 8.10. The summed E-state index contributed by atoms with van der Waals surface area (Å²) in [4.78, 5) is 52.2. The highest BCUT2D eigenvalue weighted by Crippen LogP contribution is 2.38. The Morgan fingerprint density at radius 2 is 1.15 bits per heavy atom. The molecule has 0 amide bonds. The number of aryl methyl sites for hydroxylation is 2. The minimum atomic E-state index is -1.10. The number of esters is 1. The summed E-state index contributed by atoms with van der Waals surface area (Å²) < 4.78 is 45.8. The van der Waals surface area contributed by atoms with Crippen molar-refractivity contribution in [2.75, 3.05) is 68.4 Å². The van der Waals surface area contributed by atoms with Crippen molar-refractivity contribution in [3.05, 3.63) is 105 Å². The summed E-state index contributed by atoms with van der Waals surface area (Å²) in [7, 11) is 6.79. The lowest BCUT2D eigenvalue weighted by Crippen LogP contribution is -2.09. The van der Waals surface area contributed by atoms with Crippen LogP contribution >= 0.6 is 45.9 Å². The molecule has 8 aromatic rings. The van der Waals surface area contributed by atoms with E-state index in [0.29, 0.717) is 98.8 Å². The second-order valence-corrected chi connectivity index (χ2v) is 17.9. The number of anilines is 6. The molecule has 72 heavy (non-hydrogen) atoms. The van der Waals surface area contributed by atoms with Crippen LogP contribution in [0.4, 0.5) is 43.7 Å². The molecule has 0 unspecified atom stereocenters. The highest BCUT2D eigenvalue weighted by Gasteiger charge is 2.26. The molecule has 26 heteroatoms. The van der Waals surface area contributed by atoms with Crippen LogP contribution in [0.1, 0.15) is 39.1 Å². The van der Waals surface area contributed by atoms with Crippen LogP contribution in [-0.2, 0) is 28.3 Å². The number of nitrogens with one attached hydrogen (secondary N) is 4. The zero-order valence-electron chi connectivity index (χ0n) is 39.2. The SMILES string of the molecule is CCOC(=O)c1sc(-c2cnc(Nc3ccc(F)c(Cl)c3)nc2NCCCOC)nc1-c1ccn(C)n1.COCCCNc1nc(Nc2ccc(F)c(Cl)c2)ncc1-c1nc(-c2ccn(C)n2)c(C(=O)O)s1. The number of ether oxygens (including phenoxy) is 3. The lowest BCUT2D eigenvalue weighted by Gasteiger charge is -2.12. The maximum absolute atomic E-state index is 13.6. The van der Waals surface area contributed by atoms with Gasteiger partial charge in [0, 0.05) is 90.8 Å². The van der Waals surface area contributed by atoms with Gasteiger partial charge in [-0.05, 0) is 68.3 Å². The van der Waals surface area contributed by atoms with Gasteiger partial charge in [0.15, 0.2) is 0 Å². The number of carboxylic acid groups (broad SMARTS) is 1. The smallest absolute Gasteiger partial charge is 0.350 e. The Morgan fingerprint density at radius 3 is 1.56 bits per heavy atom. The number of nitrogens with zero attached hydrogens (tertiary/aromatic N) is 10. The van der Waals surface area contributed by atoms with Crippen molar-refractivity contribution in [3.8, 4) is 43.9 Å². The fraction of sp³-hybridized carbons (Fsp3) is 0.261.